The van der Waals surface area contributed by atoms with E-state index >= 15 is 0 Å². The van der Waals surface area contributed by atoms with E-state index in [4.69, 9.17) is 4.74 Å². The fourth-order valence-corrected chi connectivity index (χ4v) is 6.90. The number of pyridine rings is 1. The number of hydrogen-bond acceptors (Lipinski definition) is 12. The van der Waals surface area contributed by atoms with Crippen LogP contribution in [0.2, 0.25) is 0 Å². The number of nitrogens with one attached hydrogen (secondary N) is 3. The minimum atomic E-state index is -3.57. The molecule has 0 saturated carbocycles. The summed E-state index contributed by atoms with van der Waals surface area (Å²) in [5, 5.41) is 7.06. The number of aryl methyl sites for hydroxylation is 1. The van der Waals surface area contributed by atoms with Crippen LogP contribution in [0.5, 0.6) is 5.75 Å². The minimum absolute atomic E-state index is 0.223. The number of piperazine rings is 1. The number of benzene rings is 2. The van der Waals surface area contributed by atoms with Crippen LogP contribution in [-0.4, -0.2) is 104 Å². The second kappa shape index (κ2) is 13.6. The normalized spacial score (nSPS) is 16.8. The summed E-state index contributed by atoms with van der Waals surface area (Å²) < 4.78 is 32.9. The van der Waals surface area contributed by atoms with Crippen LogP contribution < -0.4 is 25.0 Å². The number of aromatic nitrogens is 4. The average molecular weight is 647 g/mol. The fraction of sp³-hybridized carbons (Fsp3) is 0.438. The number of ether oxygens (including phenoxy) is 1. The quantitative estimate of drug-likeness (QED) is 0.229. The molecule has 4 heterocycles. The van der Waals surface area contributed by atoms with Crippen LogP contribution in [0.15, 0.2) is 48.9 Å². The number of rotatable bonds is 10. The van der Waals surface area contributed by atoms with Crippen LogP contribution in [0.25, 0.3) is 10.9 Å². The molecule has 3 N–H and O–H groups in total. The lowest BCUT2D eigenvalue weighted by Crippen LogP contribution is -2.52. The van der Waals surface area contributed by atoms with Gasteiger partial charge in [-0.15, -0.1) is 0 Å². The Bertz CT molecular complexity index is 1790. The van der Waals surface area contributed by atoms with E-state index < -0.39 is 10.0 Å². The molecule has 2 aliphatic heterocycles. The number of fused-ring (bicyclic) bond motifs is 1. The first-order valence-corrected chi connectivity index (χ1v) is 17.6. The summed E-state index contributed by atoms with van der Waals surface area (Å²) in [4.78, 5) is 25.2. The Labute approximate surface area is 270 Å². The van der Waals surface area contributed by atoms with E-state index in [1.165, 1.54) is 17.6 Å². The molecule has 14 heteroatoms. The van der Waals surface area contributed by atoms with Gasteiger partial charge in [0.2, 0.25) is 21.9 Å². The maximum atomic E-state index is 12.2. The molecule has 0 spiro atoms. The zero-order valence-corrected chi connectivity index (χ0v) is 27.6. The van der Waals surface area contributed by atoms with Gasteiger partial charge in [-0.1, -0.05) is 25.1 Å². The van der Waals surface area contributed by atoms with Crippen molar-refractivity contribution in [2.45, 2.75) is 32.2 Å². The van der Waals surface area contributed by atoms with Gasteiger partial charge in [0.1, 0.15) is 12.1 Å². The smallest absolute Gasteiger partial charge is 0.232 e. The van der Waals surface area contributed by atoms with E-state index in [0.717, 1.165) is 70.5 Å². The van der Waals surface area contributed by atoms with Crippen LogP contribution in [0.3, 0.4) is 0 Å². The van der Waals surface area contributed by atoms with Gasteiger partial charge in [-0.25, -0.2) is 18.4 Å². The number of para-hydroxylation sites is 1. The standard InChI is InChI=1S/C32H42N10O3S/c1-5-22-18-26(29(45-3)19-28(22)42-12-10-23(11-13-42)41-16-14-40(2)15-17-41)36-31-34-21-35-32(38-31)37-27-20-33-25-9-7-6-8-24(25)30(27)39-46(4,43)44/h6-9,18-21,23H,5,10-17H2,1-4H3,(H,33,39)(H2,34,35,36,37,38). The molecular formula is C32H42N10O3S. The predicted molar refractivity (Wildman–Crippen MR) is 183 cm³/mol. The highest BCUT2D eigenvalue weighted by Gasteiger charge is 2.28. The van der Waals surface area contributed by atoms with Gasteiger partial charge < -0.3 is 25.2 Å². The van der Waals surface area contributed by atoms with E-state index in [0.29, 0.717) is 40.0 Å². The lowest BCUT2D eigenvalue weighted by Gasteiger charge is -2.43. The second-order valence-electron chi connectivity index (χ2n) is 11.9. The van der Waals surface area contributed by atoms with E-state index in [2.05, 4.69) is 76.1 Å². The Hall–Kier alpha value is -4.27. The minimum Gasteiger partial charge on any atom is -0.494 e. The maximum absolute atomic E-state index is 12.2. The molecule has 2 aliphatic rings. The summed E-state index contributed by atoms with van der Waals surface area (Å²) in [5.41, 5.74) is 4.59. The Morgan fingerprint density at radius 2 is 1.63 bits per heavy atom. The molecule has 0 radical (unpaired) electrons. The number of likely N-dealkylation sites (N-methyl/N-ethyl adjacent to an activating group) is 1. The SMILES string of the molecule is CCc1cc(Nc2ncnc(Nc3cnc4ccccc4c3NS(C)(=O)=O)n2)c(OC)cc1N1CCC(N2CCN(C)CC2)CC1. The van der Waals surface area contributed by atoms with Gasteiger partial charge in [0.15, 0.2) is 0 Å². The lowest BCUT2D eigenvalue weighted by atomic mass is 9.99. The first-order valence-electron chi connectivity index (χ1n) is 15.7. The first kappa shape index (κ1) is 31.7. The Morgan fingerprint density at radius 1 is 0.935 bits per heavy atom. The van der Waals surface area contributed by atoms with Gasteiger partial charge in [-0.05, 0) is 44.0 Å². The molecule has 2 saturated heterocycles. The molecule has 0 amide bonds. The van der Waals surface area contributed by atoms with Crippen LogP contribution in [0, 0.1) is 0 Å². The van der Waals surface area contributed by atoms with Gasteiger partial charge >= 0.3 is 0 Å². The van der Waals surface area contributed by atoms with Gasteiger partial charge in [0.05, 0.1) is 42.1 Å². The van der Waals surface area contributed by atoms with Crippen molar-refractivity contribution < 1.29 is 13.2 Å². The van der Waals surface area contributed by atoms with E-state index in [-0.39, 0.29) is 5.95 Å². The van der Waals surface area contributed by atoms with Crippen molar-refractivity contribution in [2.75, 3.05) is 79.9 Å². The van der Waals surface area contributed by atoms with Gasteiger partial charge in [-0.2, -0.15) is 4.98 Å². The summed E-state index contributed by atoms with van der Waals surface area (Å²) in [6.07, 6.45) is 7.23. The molecule has 6 rings (SSSR count). The second-order valence-corrected chi connectivity index (χ2v) is 13.7. The largest absolute Gasteiger partial charge is 0.494 e. The number of nitrogens with zero attached hydrogens (tertiary/aromatic N) is 7. The molecule has 0 aliphatic carbocycles. The molecule has 244 valence electrons. The van der Waals surface area contributed by atoms with Crippen molar-refractivity contribution in [1.82, 2.24) is 29.7 Å². The van der Waals surface area contributed by atoms with Gasteiger partial charge in [0.25, 0.3) is 0 Å². The Kier molecular flexibility index (Phi) is 9.38. The topological polar surface area (TPSA) is 141 Å². The van der Waals surface area contributed by atoms with Crippen LogP contribution in [0.4, 0.5) is 34.6 Å². The van der Waals surface area contributed by atoms with E-state index in [9.17, 15) is 8.42 Å². The predicted octanol–water partition coefficient (Wildman–Crippen LogP) is 4.07. The lowest BCUT2D eigenvalue weighted by molar-refractivity contribution is 0.0982. The summed E-state index contributed by atoms with van der Waals surface area (Å²) >= 11 is 0. The maximum Gasteiger partial charge on any atom is 0.232 e. The highest BCUT2D eigenvalue weighted by Crippen LogP contribution is 2.37. The van der Waals surface area contributed by atoms with Crippen molar-refractivity contribution in [3.63, 3.8) is 0 Å². The molecule has 46 heavy (non-hydrogen) atoms. The van der Waals surface area contributed by atoms with E-state index in [1.807, 2.05) is 18.2 Å². The van der Waals surface area contributed by atoms with Crippen molar-refractivity contribution in [3.8, 4) is 5.75 Å². The van der Waals surface area contributed by atoms with Crippen molar-refractivity contribution >= 4 is 55.6 Å². The van der Waals surface area contributed by atoms with E-state index in [1.54, 1.807) is 19.4 Å². The molecule has 0 unspecified atom stereocenters. The molecule has 2 fully saturated rings. The average Bonchev–Trinajstić information content (AvgIpc) is 3.06. The molecule has 4 aromatic rings. The van der Waals surface area contributed by atoms with Gasteiger partial charge in [0, 0.05) is 62.5 Å². The third-order valence-electron chi connectivity index (χ3n) is 8.77. The van der Waals surface area contributed by atoms with Crippen LogP contribution in [-0.2, 0) is 16.4 Å². The molecule has 2 aromatic carbocycles. The summed E-state index contributed by atoms with van der Waals surface area (Å²) in [5.74, 6) is 1.23. The highest BCUT2D eigenvalue weighted by molar-refractivity contribution is 7.92. The Balaban J connectivity index is 1.20. The zero-order chi connectivity index (χ0) is 32.3. The first-order chi connectivity index (χ1) is 22.2. The monoisotopic (exact) mass is 646 g/mol. The third-order valence-corrected chi connectivity index (χ3v) is 9.34. The summed E-state index contributed by atoms with van der Waals surface area (Å²) in [6, 6.07) is 12.2. The fourth-order valence-electron chi connectivity index (χ4n) is 6.31. The summed E-state index contributed by atoms with van der Waals surface area (Å²) in [7, 11) is 0.297. The number of piperidine rings is 1. The number of methoxy groups -OCH3 is 1. The number of sulfonamides is 1. The third kappa shape index (κ3) is 7.24. The van der Waals surface area contributed by atoms with Crippen molar-refractivity contribution in [1.29, 1.82) is 0 Å². The van der Waals surface area contributed by atoms with Crippen LogP contribution >= 0.6 is 0 Å². The number of hydrogen-bond donors (Lipinski definition) is 3. The molecule has 0 atom stereocenters. The van der Waals surface area contributed by atoms with Crippen molar-refractivity contribution in [3.05, 3.63) is 54.5 Å². The number of anilines is 6. The summed E-state index contributed by atoms with van der Waals surface area (Å²) in [6.45, 7) is 8.80. The zero-order valence-electron chi connectivity index (χ0n) is 26.8. The van der Waals surface area contributed by atoms with Crippen LogP contribution in [0.1, 0.15) is 25.3 Å². The van der Waals surface area contributed by atoms with Gasteiger partial charge in [-0.3, -0.25) is 14.6 Å². The highest BCUT2D eigenvalue weighted by atomic mass is 32.2. The molecule has 13 nitrogen and oxygen atoms in total. The molecule has 2 aromatic heterocycles. The Morgan fingerprint density at radius 3 is 2.30 bits per heavy atom. The molecular weight excluding hydrogens is 604 g/mol. The van der Waals surface area contributed by atoms with Crippen molar-refractivity contribution in [2.24, 2.45) is 0 Å². The molecule has 0 bridgehead atoms.